The highest BCUT2D eigenvalue weighted by Crippen LogP contribution is 2.33. The molecule has 0 unspecified atom stereocenters. The Morgan fingerprint density at radius 2 is 1.90 bits per heavy atom. The van der Waals surface area contributed by atoms with Gasteiger partial charge in [0.25, 0.3) is 0 Å². The molecule has 4 heteroatoms. The maximum absolute atomic E-state index is 6.25. The lowest BCUT2D eigenvalue weighted by Crippen LogP contribution is -2.53. The lowest BCUT2D eigenvalue weighted by Gasteiger charge is -2.43. The second-order valence-corrected chi connectivity index (χ2v) is 6.45. The van der Waals surface area contributed by atoms with Crippen LogP contribution in [0.2, 0.25) is 0 Å². The SMILES string of the molecule is CCN(Cc1cc(C)nn1CC)C1(CN)CCCCCC1. The van der Waals surface area contributed by atoms with Crippen molar-refractivity contribution in [3.05, 3.63) is 17.5 Å². The summed E-state index contributed by atoms with van der Waals surface area (Å²) in [6.07, 6.45) is 7.86. The van der Waals surface area contributed by atoms with Crippen LogP contribution in [-0.4, -0.2) is 33.3 Å². The molecule has 0 aromatic carbocycles. The Bertz CT molecular complexity index is 430. The predicted molar refractivity (Wildman–Crippen MR) is 88.2 cm³/mol. The van der Waals surface area contributed by atoms with Gasteiger partial charge in [-0.3, -0.25) is 9.58 Å². The minimum Gasteiger partial charge on any atom is -0.329 e. The third-order valence-corrected chi connectivity index (χ3v) is 5.10. The van der Waals surface area contributed by atoms with Crippen molar-refractivity contribution in [2.75, 3.05) is 13.1 Å². The molecular weight excluding hydrogens is 260 g/mol. The largest absolute Gasteiger partial charge is 0.329 e. The Morgan fingerprint density at radius 1 is 1.24 bits per heavy atom. The highest BCUT2D eigenvalue weighted by atomic mass is 15.3. The Kier molecular flexibility index (Phi) is 5.82. The molecule has 1 heterocycles. The Hall–Kier alpha value is -0.870. The minimum absolute atomic E-state index is 0.196. The molecule has 0 aliphatic heterocycles. The van der Waals surface area contributed by atoms with Gasteiger partial charge in [0.15, 0.2) is 0 Å². The van der Waals surface area contributed by atoms with Crippen LogP contribution in [0.4, 0.5) is 0 Å². The van der Waals surface area contributed by atoms with E-state index in [1.165, 1.54) is 44.2 Å². The van der Waals surface area contributed by atoms with Crippen molar-refractivity contribution in [3.63, 3.8) is 0 Å². The van der Waals surface area contributed by atoms with E-state index in [0.717, 1.165) is 31.9 Å². The number of rotatable bonds is 6. The van der Waals surface area contributed by atoms with Gasteiger partial charge in [-0.2, -0.15) is 5.10 Å². The van der Waals surface area contributed by atoms with E-state index < -0.39 is 0 Å². The van der Waals surface area contributed by atoms with Crippen LogP contribution < -0.4 is 5.73 Å². The predicted octanol–water partition coefficient (Wildman–Crippen LogP) is 3.09. The molecule has 120 valence electrons. The van der Waals surface area contributed by atoms with Gasteiger partial charge in [-0.05, 0) is 39.3 Å². The molecule has 1 fully saturated rings. The molecule has 2 rings (SSSR count). The van der Waals surface area contributed by atoms with Crippen molar-refractivity contribution < 1.29 is 0 Å². The maximum Gasteiger partial charge on any atom is 0.0597 e. The molecule has 0 amide bonds. The van der Waals surface area contributed by atoms with Crippen molar-refractivity contribution in [3.8, 4) is 0 Å². The van der Waals surface area contributed by atoms with E-state index in [-0.39, 0.29) is 5.54 Å². The molecule has 1 aromatic rings. The lowest BCUT2D eigenvalue weighted by atomic mass is 9.88. The van der Waals surface area contributed by atoms with E-state index in [2.05, 4.69) is 41.5 Å². The molecule has 2 N–H and O–H groups in total. The van der Waals surface area contributed by atoms with E-state index >= 15 is 0 Å². The Morgan fingerprint density at radius 3 is 2.43 bits per heavy atom. The first-order chi connectivity index (χ1) is 10.1. The van der Waals surface area contributed by atoms with Crippen LogP contribution in [0.3, 0.4) is 0 Å². The molecule has 0 atom stereocenters. The first kappa shape index (κ1) is 16.5. The van der Waals surface area contributed by atoms with E-state index in [1.807, 2.05) is 0 Å². The van der Waals surface area contributed by atoms with Gasteiger partial charge < -0.3 is 5.73 Å². The van der Waals surface area contributed by atoms with Crippen LogP contribution in [0.1, 0.15) is 63.8 Å². The third-order valence-electron chi connectivity index (χ3n) is 5.10. The fraction of sp³-hybridized carbons (Fsp3) is 0.824. The summed E-state index contributed by atoms with van der Waals surface area (Å²) in [5.74, 6) is 0. The van der Waals surface area contributed by atoms with Gasteiger partial charge in [-0.25, -0.2) is 0 Å². The summed E-state index contributed by atoms with van der Waals surface area (Å²) in [6.45, 7) is 10.3. The number of aryl methyl sites for hydroxylation is 2. The van der Waals surface area contributed by atoms with Crippen LogP contribution in [0.5, 0.6) is 0 Å². The van der Waals surface area contributed by atoms with Crippen molar-refractivity contribution in [1.82, 2.24) is 14.7 Å². The first-order valence-electron chi connectivity index (χ1n) is 8.63. The zero-order chi connectivity index (χ0) is 15.3. The summed E-state index contributed by atoms with van der Waals surface area (Å²) >= 11 is 0. The minimum atomic E-state index is 0.196. The number of hydrogen-bond donors (Lipinski definition) is 1. The average Bonchev–Trinajstić information content (AvgIpc) is 2.71. The van der Waals surface area contributed by atoms with E-state index in [1.54, 1.807) is 0 Å². The molecule has 0 spiro atoms. The van der Waals surface area contributed by atoms with Crippen LogP contribution in [0.25, 0.3) is 0 Å². The summed E-state index contributed by atoms with van der Waals surface area (Å²) in [4.78, 5) is 2.61. The van der Waals surface area contributed by atoms with Crippen molar-refractivity contribution in [2.45, 2.75) is 77.9 Å². The number of nitrogens with zero attached hydrogens (tertiary/aromatic N) is 3. The lowest BCUT2D eigenvalue weighted by molar-refractivity contribution is 0.0729. The first-order valence-corrected chi connectivity index (χ1v) is 8.63. The summed E-state index contributed by atoms with van der Waals surface area (Å²) in [5.41, 5.74) is 8.89. The molecule has 1 saturated carbocycles. The topological polar surface area (TPSA) is 47.1 Å². The molecule has 21 heavy (non-hydrogen) atoms. The second-order valence-electron chi connectivity index (χ2n) is 6.45. The van der Waals surface area contributed by atoms with Crippen LogP contribution in [-0.2, 0) is 13.1 Å². The molecule has 1 aliphatic rings. The van der Waals surface area contributed by atoms with E-state index in [9.17, 15) is 0 Å². The zero-order valence-electron chi connectivity index (χ0n) is 14.1. The van der Waals surface area contributed by atoms with E-state index in [0.29, 0.717) is 0 Å². The number of nitrogens with two attached hydrogens (primary N) is 1. The van der Waals surface area contributed by atoms with Gasteiger partial charge in [0.05, 0.1) is 11.4 Å². The van der Waals surface area contributed by atoms with Gasteiger partial charge >= 0.3 is 0 Å². The smallest absolute Gasteiger partial charge is 0.0597 e. The highest BCUT2D eigenvalue weighted by molar-refractivity contribution is 5.10. The Labute approximate surface area is 129 Å². The third kappa shape index (κ3) is 3.67. The summed E-state index contributed by atoms with van der Waals surface area (Å²) < 4.78 is 2.14. The van der Waals surface area contributed by atoms with Gasteiger partial charge in [0.2, 0.25) is 0 Å². The molecular formula is C17H32N4. The van der Waals surface area contributed by atoms with E-state index in [4.69, 9.17) is 5.73 Å². The Balaban J connectivity index is 2.20. The highest BCUT2D eigenvalue weighted by Gasteiger charge is 2.35. The molecule has 0 saturated heterocycles. The number of aromatic nitrogens is 2. The maximum atomic E-state index is 6.25. The average molecular weight is 292 g/mol. The number of hydrogen-bond acceptors (Lipinski definition) is 3. The summed E-state index contributed by atoms with van der Waals surface area (Å²) in [6, 6.07) is 2.23. The van der Waals surface area contributed by atoms with Crippen LogP contribution >= 0.6 is 0 Å². The molecule has 1 aliphatic carbocycles. The fourth-order valence-corrected chi connectivity index (χ4v) is 3.85. The molecule has 4 nitrogen and oxygen atoms in total. The second kappa shape index (κ2) is 7.41. The standard InChI is InChI=1S/C17H32N4/c1-4-20(13-16-12-15(3)19-21(16)5-2)17(14-18)10-8-6-7-9-11-17/h12H,4-11,13-14,18H2,1-3H3. The van der Waals surface area contributed by atoms with Crippen molar-refractivity contribution in [1.29, 1.82) is 0 Å². The van der Waals surface area contributed by atoms with Crippen molar-refractivity contribution in [2.24, 2.45) is 5.73 Å². The van der Waals surface area contributed by atoms with Gasteiger partial charge in [-0.1, -0.05) is 32.6 Å². The zero-order valence-corrected chi connectivity index (χ0v) is 14.1. The van der Waals surface area contributed by atoms with Gasteiger partial charge in [0, 0.05) is 25.2 Å². The normalized spacial score (nSPS) is 18.9. The molecule has 0 radical (unpaired) electrons. The van der Waals surface area contributed by atoms with Gasteiger partial charge in [0.1, 0.15) is 0 Å². The van der Waals surface area contributed by atoms with Crippen LogP contribution in [0, 0.1) is 6.92 Å². The monoisotopic (exact) mass is 292 g/mol. The molecule has 1 aromatic heterocycles. The molecule has 0 bridgehead atoms. The summed E-state index contributed by atoms with van der Waals surface area (Å²) in [7, 11) is 0. The number of likely N-dealkylation sites (N-methyl/N-ethyl adjacent to an activating group) is 1. The summed E-state index contributed by atoms with van der Waals surface area (Å²) in [5, 5.41) is 4.59. The van der Waals surface area contributed by atoms with Crippen LogP contribution in [0.15, 0.2) is 6.07 Å². The van der Waals surface area contributed by atoms with Gasteiger partial charge in [-0.15, -0.1) is 0 Å². The quantitative estimate of drug-likeness (QED) is 0.820. The fourth-order valence-electron chi connectivity index (χ4n) is 3.85. The van der Waals surface area contributed by atoms with Crippen molar-refractivity contribution >= 4 is 0 Å².